The number of carboxylic acid groups (broad SMARTS) is 1. The van der Waals surface area contributed by atoms with Crippen LogP contribution < -0.4 is 0 Å². The Hall–Kier alpha value is -2.45. The van der Waals surface area contributed by atoms with Crippen LogP contribution in [0.25, 0.3) is 10.8 Å². The summed E-state index contributed by atoms with van der Waals surface area (Å²) in [5.41, 5.74) is 1.95. The molecule has 2 aliphatic heterocycles. The van der Waals surface area contributed by atoms with Crippen LogP contribution in [0.3, 0.4) is 0 Å². The molecule has 2 aromatic rings. The van der Waals surface area contributed by atoms with Crippen molar-refractivity contribution in [2.24, 2.45) is 0 Å². The van der Waals surface area contributed by atoms with Gasteiger partial charge in [-0.15, -0.1) is 0 Å². The van der Waals surface area contributed by atoms with Crippen molar-refractivity contribution >= 4 is 16.7 Å². The quantitative estimate of drug-likeness (QED) is 0.491. The van der Waals surface area contributed by atoms with E-state index in [0.29, 0.717) is 30.4 Å². The van der Waals surface area contributed by atoms with Crippen LogP contribution in [-0.2, 0) is 20.7 Å². The lowest BCUT2D eigenvalue weighted by Gasteiger charge is -2.33. The van der Waals surface area contributed by atoms with Crippen LogP contribution in [-0.4, -0.2) is 56.9 Å². The third-order valence-corrected chi connectivity index (χ3v) is 6.67. The molecule has 0 saturated carbocycles. The number of phenolic OH excluding ortho intramolecular Hbond substituents is 1. The zero-order valence-electron chi connectivity index (χ0n) is 18.8. The fourth-order valence-electron chi connectivity index (χ4n) is 4.99. The Labute approximate surface area is 193 Å². The topological polar surface area (TPSA) is 116 Å². The first-order chi connectivity index (χ1) is 15.7. The van der Waals surface area contributed by atoms with Crippen molar-refractivity contribution in [2.45, 2.75) is 82.1 Å². The first-order valence-electron chi connectivity index (χ1n) is 11.5. The van der Waals surface area contributed by atoms with Gasteiger partial charge in [-0.25, -0.2) is 4.79 Å². The molecule has 4 rings (SSSR count). The van der Waals surface area contributed by atoms with Crippen molar-refractivity contribution in [3.63, 3.8) is 0 Å². The molecule has 178 valence electrons. The van der Waals surface area contributed by atoms with Crippen molar-refractivity contribution in [3.8, 4) is 5.75 Å². The van der Waals surface area contributed by atoms with Gasteiger partial charge in [-0.1, -0.05) is 36.4 Å². The molecule has 2 saturated heterocycles. The molecule has 0 amide bonds. The number of benzene rings is 2. The average Bonchev–Trinajstić information content (AvgIpc) is 2.76. The minimum Gasteiger partial charge on any atom is -0.507 e. The van der Waals surface area contributed by atoms with Crippen molar-refractivity contribution in [1.29, 1.82) is 0 Å². The smallest absolute Gasteiger partial charge is 0.332 e. The minimum atomic E-state index is -1.14. The number of aliphatic hydroxyl groups is 2. The van der Waals surface area contributed by atoms with E-state index in [1.807, 2.05) is 37.3 Å². The summed E-state index contributed by atoms with van der Waals surface area (Å²) >= 11 is 0. The van der Waals surface area contributed by atoms with Crippen LogP contribution in [0.15, 0.2) is 42.5 Å². The van der Waals surface area contributed by atoms with E-state index in [0.717, 1.165) is 22.8 Å². The molecule has 6 atom stereocenters. The summed E-state index contributed by atoms with van der Waals surface area (Å²) < 4.78 is 11.7. The van der Waals surface area contributed by atoms with Crippen molar-refractivity contribution in [2.75, 3.05) is 0 Å². The molecule has 7 heteroatoms. The molecule has 2 aliphatic rings. The molecule has 0 spiro atoms. The van der Waals surface area contributed by atoms with Gasteiger partial charge in [0.1, 0.15) is 5.75 Å². The van der Waals surface area contributed by atoms with Crippen LogP contribution in [0.1, 0.15) is 56.3 Å². The van der Waals surface area contributed by atoms with Gasteiger partial charge in [-0.3, -0.25) is 0 Å². The Morgan fingerprint density at radius 2 is 1.91 bits per heavy atom. The number of carbonyl (C=O) groups is 1. The first kappa shape index (κ1) is 23.7. The number of aromatic hydroxyl groups is 1. The monoisotopic (exact) mass is 456 g/mol. The lowest BCUT2D eigenvalue weighted by molar-refractivity contribution is -0.166. The fourth-order valence-corrected chi connectivity index (χ4v) is 4.99. The van der Waals surface area contributed by atoms with Crippen molar-refractivity contribution < 1.29 is 34.7 Å². The van der Waals surface area contributed by atoms with Crippen LogP contribution in [0.4, 0.5) is 0 Å². The maximum absolute atomic E-state index is 11.5. The Balaban J connectivity index is 1.64. The summed E-state index contributed by atoms with van der Waals surface area (Å²) in [6.07, 6.45) is -0.915. The molecular formula is C26H32O7. The third-order valence-electron chi connectivity index (χ3n) is 6.67. The second-order valence-electron chi connectivity index (χ2n) is 9.36. The van der Waals surface area contributed by atoms with E-state index in [2.05, 4.69) is 6.58 Å². The van der Waals surface area contributed by atoms with Crippen LogP contribution in [0, 0.1) is 0 Å². The summed E-state index contributed by atoms with van der Waals surface area (Å²) in [4.78, 5) is 11.5. The number of hydrogen-bond acceptors (Lipinski definition) is 6. The molecule has 0 aliphatic carbocycles. The lowest BCUT2D eigenvalue weighted by atomic mass is 9.88. The van der Waals surface area contributed by atoms with Crippen LogP contribution in [0.2, 0.25) is 0 Å². The van der Waals surface area contributed by atoms with E-state index in [-0.39, 0.29) is 30.8 Å². The number of fused-ring (bicyclic) bond motifs is 1. The number of rotatable bonds is 6. The molecule has 0 radical (unpaired) electrons. The molecule has 7 nitrogen and oxygen atoms in total. The molecule has 2 heterocycles. The molecule has 4 N–H and O–H groups in total. The Kier molecular flexibility index (Phi) is 7.05. The van der Waals surface area contributed by atoms with E-state index in [1.165, 1.54) is 0 Å². The number of aliphatic carboxylic acids is 1. The number of carboxylic acids is 1. The molecule has 2 aromatic carbocycles. The number of ether oxygens (including phenoxy) is 2. The number of phenols is 1. The Morgan fingerprint density at radius 1 is 1.15 bits per heavy atom. The first-order valence-corrected chi connectivity index (χ1v) is 11.5. The zero-order valence-corrected chi connectivity index (χ0v) is 18.8. The fraction of sp³-hybridized carbons (Fsp3) is 0.500. The van der Waals surface area contributed by atoms with E-state index in [1.54, 1.807) is 0 Å². The molecule has 0 bridgehead atoms. The van der Waals surface area contributed by atoms with Gasteiger partial charge in [0, 0.05) is 18.4 Å². The second kappa shape index (κ2) is 9.81. The van der Waals surface area contributed by atoms with Gasteiger partial charge in [0.05, 0.1) is 30.5 Å². The maximum atomic E-state index is 11.5. The van der Waals surface area contributed by atoms with Gasteiger partial charge in [-0.05, 0) is 55.0 Å². The predicted octanol–water partition coefficient (Wildman–Crippen LogP) is 3.63. The van der Waals surface area contributed by atoms with Gasteiger partial charge in [0.15, 0.2) is 6.10 Å². The highest BCUT2D eigenvalue weighted by Gasteiger charge is 2.36. The highest BCUT2D eigenvalue weighted by molar-refractivity contribution is 5.89. The molecular weight excluding hydrogens is 424 g/mol. The number of aliphatic hydroxyl groups excluding tert-OH is 2. The van der Waals surface area contributed by atoms with Gasteiger partial charge >= 0.3 is 5.97 Å². The van der Waals surface area contributed by atoms with Gasteiger partial charge < -0.3 is 29.9 Å². The van der Waals surface area contributed by atoms with Gasteiger partial charge in [0.2, 0.25) is 0 Å². The largest absolute Gasteiger partial charge is 0.507 e. The summed E-state index contributed by atoms with van der Waals surface area (Å²) in [7, 11) is 0. The van der Waals surface area contributed by atoms with Gasteiger partial charge in [-0.2, -0.15) is 0 Å². The van der Waals surface area contributed by atoms with Crippen molar-refractivity contribution in [1.82, 2.24) is 0 Å². The average molecular weight is 457 g/mol. The van der Waals surface area contributed by atoms with Crippen LogP contribution >= 0.6 is 0 Å². The third kappa shape index (κ3) is 5.22. The number of hydrogen-bond donors (Lipinski definition) is 4. The Morgan fingerprint density at radius 3 is 2.67 bits per heavy atom. The minimum absolute atomic E-state index is 0.0170. The highest BCUT2D eigenvalue weighted by Crippen LogP contribution is 2.43. The van der Waals surface area contributed by atoms with Crippen molar-refractivity contribution in [3.05, 3.63) is 53.6 Å². The van der Waals surface area contributed by atoms with E-state index < -0.39 is 30.4 Å². The highest BCUT2D eigenvalue weighted by atomic mass is 16.5. The molecule has 33 heavy (non-hydrogen) atoms. The summed E-state index contributed by atoms with van der Waals surface area (Å²) in [5, 5.41) is 42.9. The molecule has 0 aromatic heterocycles. The van der Waals surface area contributed by atoms with E-state index in [9.17, 15) is 25.2 Å². The van der Waals surface area contributed by atoms with Gasteiger partial charge in [0.25, 0.3) is 0 Å². The summed E-state index contributed by atoms with van der Waals surface area (Å²) in [6, 6.07) is 9.42. The Bertz CT molecular complexity index is 1030. The lowest BCUT2D eigenvalue weighted by Crippen LogP contribution is -2.38. The zero-order chi connectivity index (χ0) is 23.7. The van der Waals surface area contributed by atoms with E-state index >= 15 is 0 Å². The van der Waals surface area contributed by atoms with E-state index in [4.69, 9.17) is 9.47 Å². The standard InChI is InChI=1S/C26H32O7/c1-14(10-21-20(28)8-7-15(2)32-21)9-17-11-16-5-3-4-6-19(16)24(25(17)29)22-12-18(27)13-23(33-22)26(30)31/h3-6,11,15,18,20-23,27-29H,1,7-10,12-13H2,2H3,(H,30,31)/t15-,18?,20?,21?,22?,23?/m0/s1. The molecule has 5 unspecified atom stereocenters. The predicted molar refractivity (Wildman–Crippen MR) is 123 cm³/mol. The SMILES string of the molecule is C=C(Cc1cc2ccccc2c(C2CC(O)CC(C(=O)O)O2)c1O)CC1O[C@@H](C)CCC1O. The molecule has 2 fully saturated rings. The summed E-state index contributed by atoms with van der Waals surface area (Å²) in [5.74, 6) is -1.11. The second-order valence-corrected chi connectivity index (χ2v) is 9.36. The summed E-state index contributed by atoms with van der Waals surface area (Å²) in [6.45, 7) is 6.16. The normalized spacial score (nSPS) is 30.3. The maximum Gasteiger partial charge on any atom is 0.332 e. The van der Waals surface area contributed by atoms with Crippen LogP contribution in [0.5, 0.6) is 5.75 Å².